The van der Waals surface area contributed by atoms with E-state index >= 15 is 0 Å². The minimum atomic E-state index is -4.23. The Bertz CT molecular complexity index is 1270. The van der Waals surface area contributed by atoms with Crippen molar-refractivity contribution < 1.29 is 26.9 Å². The molecule has 0 spiro atoms. The lowest BCUT2D eigenvalue weighted by molar-refractivity contribution is 0.0850. The van der Waals surface area contributed by atoms with Gasteiger partial charge in [-0.2, -0.15) is 8.42 Å². The fraction of sp³-hybridized carbons (Fsp3) is 0.261. The van der Waals surface area contributed by atoms with E-state index in [1.165, 1.54) is 18.2 Å². The van der Waals surface area contributed by atoms with E-state index in [1.54, 1.807) is 42.5 Å². The SMILES string of the molecule is C=CCOC(=O)OC1=C[C@H](NS(=O)(=NS(=O)(=O)c2ccc(C)cc2)c2ccc(C)cc2)CC1. The smallest absolute Gasteiger partial charge is 0.430 e. The Kier molecular flexibility index (Phi) is 7.72. The molecule has 1 aliphatic carbocycles. The Morgan fingerprint density at radius 2 is 1.64 bits per heavy atom. The van der Waals surface area contributed by atoms with E-state index < -0.39 is 32.1 Å². The summed E-state index contributed by atoms with van der Waals surface area (Å²) in [6.45, 7) is 7.18. The monoisotopic (exact) mass is 490 g/mol. The first-order valence-corrected chi connectivity index (χ1v) is 13.2. The molecule has 0 saturated heterocycles. The van der Waals surface area contributed by atoms with Crippen LogP contribution in [0.2, 0.25) is 0 Å². The molecule has 10 heteroatoms. The molecular weight excluding hydrogens is 464 g/mol. The van der Waals surface area contributed by atoms with E-state index in [9.17, 15) is 17.4 Å². The van der Waals surface area contributed by atoms with Gasteiger partial charge in [0.15, 0.2) is 9.92 Å². The van der Waals surface area contributed by atoms with Crippen LogP contribution in [0.5, 0.6) is 0 Å². The highest BCUT2D eigenvalue weighted by molar-refractivity contribution is 8.02. The summed E-state index contributed by atoms with van der Waals surface area (Å²) in [7, 11) is -7.82. The van der Waals surface area contributed by atoms with Crippen LogP contribution in [0, 0.1) is 13.8 Å². The van der Waals surface area contributed by atoms with Crippen LogP contribution in [0.1, 0.15) is 24.0 Å². The normalized spacial score (nSPS) is 17.5. The molecule has 0 aromatic heterocycles. The highest BCUT2D eigenvalue weighted by Crippen LogP contribution is 2.25. The molecule has 0 heterocycles. The molecular formula is C23H26N2O6S2. The van der Waals surface area contributed by atoms with Crippen molar-refractivity contribution in [1.29, 1.82) is 0 Å². The topological polar surface area (TPSA) is 111 Å². The van der Waals surface area contributed by atoms with Crippen LogP contribution in [0.25, 0.3) is 0 Å². The van der Waals surface area contributed by atoms with Gasteiger partial charge in [-0.15, -0.1) is 0 Å². The standard InChI is InChI=1S/C23H26N2O6S2/c1-4-15-30-23(26)31-20-10-9-19(16-20)24-32(27,21-11-5-17(2)6-12-21)25-33(28,29)22-13-7-18(3)8-14-22/h4-8,11-14,16,19H,1,9-10,15H2,2-3H3,(H,24,25,27)/t19-,32?/m1/s1. The average molecular weight is 491 g/mol. The average Bonchev–Trinajstić information content (AvgIpc) is 3.18. The molecule has 0 radical (unpaired) electrons. The van der Waals surface area contributed by atoms with Gasteiger partial charge in [-0.1, -0.05) is 51.8 Å². The van der Waals surface area contributed by atoms with Crippen LogP contribution in [-0.2, 0) is 29.4 Å². The molecule has 0 amide bonds. The number of carbonyl (C=O) groups is 1. The number of nitrogens with one attached hydrogen (secondary N) is 1. The summed E-state index contributed by atoms with van der Waals surface area (Å²) in [4.78, 5) is 11.8. The summed E-state index contributed by atoms with van der Waals surface area (Å²) in [5, 5.41) is 0. The minimum Gasteiger partial charge on any atom is -0.430 e. The number of allylic oxidation sites excluding steroid dienone is 1. The molecule has 0 bridgehead atoms. The van der Waals surface area contributed by atoms with Crippen molar-refractivity contribution in [2.75, 3.05) is 6.61 Å². The van der Waals surface area contributed by atoms with E-state index in [2.05, 4.69) is 15.1 Å². The van der Waals surface area contributed by atoms with Gasteiger partial charge in [0, 0.05) is 12.5 Å². The zero-order valence-corrected chi connectivity index (χ0v) is 20.0. The van der Waals surface area contributed by atoms with E-state index in [4.69, 9.17) is 9.47 Å². The third-order valence-electron chi connectivity index (χ3n) is 4.80. The third kappa shape index (κ3) is 6.53. The Labute approximate surface area is 194 Å². The number of nitrogens with zero attached hydrogens (tertiary/aromatic N) is 1. The highest BCUT2D eigenvalue weighted by atomic mass is 32.3. The lowest BCUT2D eigenvalue weighted by Crippen LogP contribution is -2.32. The van der Waals surface area contributed by atoms with Gasteiger partial charge in [0.2, 0.25) is 0 Å². The van der Waals surface area contributed by atoms with Crippen molar-refractivity contribution in [3.8, 4) is 0 Å². The van der Waals surface area contributed by atoms with Crippen LogP contribution in [0.4, 0.5) is 4.79 Å². The van der Waals surface area contributed by atoms with E-state index in [0.29, 0.717) is 18.6 Å². The molecule has 33 heavy (non-hydrogen) atoms. The number of benzene rings is 2. The van der Waals surface area contributed by atoms with E-state index in [0.717, 1.165) is 11.1 Å². The van der Waals surface area contributed by atoms with Crippen LogP contribution >= 0.6 is 0 Å². The first kappa shape index (κ1) is 24.7. The minimum absolute atomic E-state index is 0.0186. The molecule has 0 aliphatic heterocycles. The Hall–Kier alpha value is -2.95. The summed E-state index contributed by atoms with van der Waals surface area (Å²) in [6.07, 6.45) is 2.95. The van der Waals surface area contributed by atoms with Gasteiger partial charge in [0.05, 0.1) is 9.79 Å². The summed E-state index contributed by atoms with van der Waals surface area (Å²) in [6, 6.07) is 12.3. The predicted molar refractivity (Wildman–Crippen MR) is 125 cm³/mol. The number of ether oxygens (including phenoxy) is 2. The number of hydrogen-bond acceptors (Lipinski definition) is 6. The Morgan fingerprint density at radius 3 is 2.21 bits per heavy atom. The zero-order valence-electron chi connectivity index (χ0n) is 18.4. The Morgan fingerprint density at radius 1 is 1.06 bits per heavy atom. The fourth-order valence-corrected chi connectivity index (χ4v) is 6.77. The number of sulfonamides is 1. The second-order valence-electron chi connectivity index (χ2n) is 7.55. The summed E-state index contributed by atoms with van der Waals surface area (Å²) in [5.41, 5.74) is 1.82. The number of carbonyl (C=O) groups excluding carboxylic acids is 1. The van der Waals surface area contributed by atoms with Crippen molar-refractivity contribution in [3.63, 3.8) is 0 Å². The molecule has 8 nitrogen and oxygen atoms in total. The van der Waals surface area contributed by atoms with Crippen LogP contribution in [0.3, 0.4) is 0 Å². The van der Waals surface area contributed by atoms with E-state index in [-0.39, 0.29) is 16.4 Å². The maximum absolute atomic E-state index is 14.0. The maximum Gasteiger partial charge on any atom is 0.513 e. The lowest BCUT2D eigenvalue weighted by atomic mass is 10.2. The van der Waals surface area contributed by atoms with Gasteiger partial charge in [0.25, 0.3) is 10.0 Å². The van der Waals surface area contributed by atoms with Crippen LogP contribution in [0.15, 0.2) is 86.6 Å². The summed E-state index contributed by atoms with van der Waals surface area (Å²) < 4.78 is 56.6. The summed E-state index contributed by atoms with van der Waals surface area (Å²) >= 11 is 0. The predicted octanol–water partition coefficient (Wildman–Crippen LogP) is 4.41. The largest absolute Gasteiger partial charge is 0.513 e. The highest BCUT2D eigenvalue weighted by Gasteiger charge is 2.27. The molecule has 2 aromatic carbocycles. The van der Waals surface area contributed by atoms with Crippen molar-refractivity contribution in [1.82, 2.24) is 4.72 Å². The van der Waals surface area contributed by atoms with Crippen molar-refractivity contribution in [2.24, 2.45) is 3.77 Å². The third-order valence-corrected chi connectivity index (χ3v) is 8.82. The van der Waals surface area contributed by atoms with Gasteiger partial charge in [-0.3, -0.25) is 0 Å². The van der Waals surface area contributed by atoms with Gasteiger partial charge < -0.3 is 9.47 Å². The van der Waals surface area contributed by atoms with Gasteiger partial charge >= 0.3 is 6.16 Å². The molecule has 176 valence electrons. The maximum atomic E-state index is 14.0. The quantitative estimate of drug-likeness (QED) is 0.433. The van der Waals surface area contributed by atoms with Crippen LogP contribution in [-0.4, -0.2) is 31.4 Å². The number of rotatable bonds is 8. The van der Waals surface area contributed by atoms with E-state index in [1.807, 2.05) is 13.8 Å². The molecule has 2 aromatic rings. The first-order valence-electron chi connectivity index (χ1n) is 10.2. The number of hydrogen-bond donors (Lipinski definition) is 1. The summed E-state index contributed by atoms with van der Waals surface area (Å²) in [5.74, 6) is 0.341. The second kappa shape index (κ2) is 10.3. The van der Waals surface area contributed by atoms with Gasteiger partial charge in [-0.05, 0) is 50.6 Å². The molecule has 0 saturated carbocycles. The zero-order chi connectivity index (χ0) is 24.1. The van der Waals surface area contributed by atoms with Crippen LogP contribution < -0.4 is 4.72 Å². The molecule has 0 fully saturated rings. The fourth-order valence-electron chi connectivity index (χ4n) is 3.08. The molecule has 1 aliphatic rings. The second-order valence-corrected chi connectivity index (χ2v) is 11.3. The van der Waals surface area contributed by atoms with Gasteiger partial charge in [0.1, 0.15) is 12.4 Å². The number of aryl methyl sites for hydroxylation is 2. The molecule has 1 unspecified atom stereocenters. The Balaban J connectivity index is 1.94. The first-order chi connectivity index (χ1) is 15.6. The van der Waals surface area contributed by atoms with Gasteiger partial charge in [-0.25, -0.2) is 13.7 Å². The molecule has 2 atom stereocenters. The lowest BCUT2D eigenvalue weighted by Gasteiger charge is -2.16. The van der Waals surface area contributed by atoms with Crippen molar-refractivity contribution in [3.05, 3.63) is 84.1 Å². The molecule has 1 N–H and O–H groups in total. The van der Waals surface area contributed by atoms with Crippen molar-refractivity contribution >= 4 is 26.1 Å². The van der Waals surface area contributed by atoms with Crippen molar-refractivity contribution in [2.45, 2.75) is 42.5 Å². The molecule has 3 rings (SSSR count).